The Morgan fingerprint density at radius 1 is 0.750 bits per heavy atom. The van der Waals surface area contributed by atoms with Gasteiger partial charge in [0.05, 0.1) is 5.25 Å². The van der Waals surface area contributed by atoms with Crippen LogP contribution >= 0.6 is 11.8 Å². The second-order valence-electron chi connectivity index (χ2n) is 5.37. The van der Waals surface area contributed by atoms with Crippen molar-refractivity contribution >= 4 is 23.6 Å². The monoisotopic (exact) mass is 330 g/mol. The number of hydrogen-bond donors (Lipinski definition) is 0. The smallest absolute Gasteiger partial charge is 0.180 e. The van der Waals surface area contributed by atoms with Crippen molar-refractivity contribution in [3.63, 3.8) is 0 Å². The molecule has 0 spiro atoms. The van der Waals surface area contributed by atoms with E-state index in [1.54, 1.807) is 11.8 Å². The van der Waals surface area contributed by atoms with E-state index in [1.807, 2.05) is 102 Å². The molecule has 3 rings (SSSR count). The van der Waals surface area contributed by atoms with Crippen molar-refractivity contribution < 1.29 is 4.79 Å². The molecule has 118 valence electrons. The van der Waals surface area contributed by atoms with Crippen molar-refractivity contribution in [2.24, 2.45) is 0 Å². The molecule has 1 unspecified atom stereocenters. The molecule has 0 aromatic heterocycles. The van der Waals surface area contributed by atoms with Crippen LogP contribution in [0.15, 0.2) is 96.4 Å². The lowest BCUT2D eigenvalue weighted by Crippen LogP contribution is -2.09. The van der Waals surface area contributed by atoms with Gasteiger partial charge in [-0.25, -0.2) is 0 Å². The van der Waals surface area contributed by atoms with Crippen LogP contribution < -0.4 is 0 Å². The van der Waals surface area contributed by atoms with Gasteiger partial charge in [-0.3, -0.25) is 4.79 Å². The summed E-state index contributed by atoms with van der Waals surface area (Å²) in [5, 5.41) is 1.77. The van der Waals surface area contributed by atoms with E-state index < -0.39 is 0 Å². The molecule has 0 fully saturated rings. The maximum Gasteiger partial charge on any atom is 0.180 e. The average molecular weight is 330 g/mol. The normalized spacial score (nSPS) is 12.2. The van der Waals surface area contributed by atoms with Gasteiger partial charge in [0.25, 0.3) is 0 Å². The first-order valence-corrected chi connectivity index (χ1v) is 8.80. The minimum Gasteiger partial charge on any atom is -0.293 e. The first-order valence-electron chi connectivity index (χ1n) is 7.86. The molecule has 3 aromatic carbocycles. The first kappa shape index (κ1) is 16.3. The summed E-state index contributed by atoms with van der Waals surface area (Å²) in [6, 6.07) is 29.5. The molecule has 0 N–H and O–H groups in total. The molecular weight excluding hydrogens is 312 g/mol. The van der Waals surface area contributed by atoms with Gasteiger partial charge in [-0.1, -0.05) is 91.0 Å². The fraction of sp³-hybridized carbons (Fsp3) is 0.0455. The molecule has 0 heterocycles. The number of benzene rings is 3. The molecule has 0 bridgehead atoms. The fourth-order valence-corrected chi connectivity index (χ4v) is 3.40. The van der Waals surface area contributed by atoms with Gasteiger partial charge in [-0.2, -0.15) is 0 Å². The van der Waals surface area contributed by atoms with E-state index in [0.29, 0.717) is 0 Å². The molecule has 0 aliphatic heterocycles. The van der Waals surface area contributed by atoms with Crippen LogP contribution in [0.5, 0.6) is 0 Å². The summed E-state index contributed by atoms with van der Waals surface area (Å²) in [4.78, 5) is 12.9. The minimum atomic E-state index is -0.242. The van der Waals surface area contributed by atoms with E-state index in [1.165, 1.54) is 0 Å². The quantitative estimate of drug-likeness (QED) is 0.514. The SMILES string of the molecule is O=C(c1ccccc1)C(SC=Cc1ccccc1)c1ccccc1. The van der Waals surface area contributed by atoms with Crippen molar-refractivity contribution in [3.8, 4) is 0 Å². The van der Waals surface area contributed by atoms with E-state index in [9.17, 15) is 4.79 Å². The number of rotatable bonds is 6. The van der Waals surface area contributed by atoms with Crippen LogP contribution in [-0.2, 0) is 0 Å². The van der Waals surface area contributed by atoms with Gasteiger partial charge in [0.1, 0.15) is 0 Å². The Labute approximate surface area is 147 Å². The summed E-state index contributed by atoms with van der Waals surface area (Å²) >= 11 is 1.54. The van der Waals surface area contributed by atoms with Gasteiger partial charge in [0.2, 0.25) is 0 Å². The van der Waals surface area contributed by atoms with Crippen LogP contribution in [0.3, 0.4) is 0 Å². The molecule has 0 aliphatic rings. The number of hydrogen-bond acceptors (Lipinski definition) is 2. The van der Waals surface area contributed by atoms with Gasteiger partial charge in [-0.15, -0.1) is 11.8 Å². The van der Waals surface area contributed by atoms with Crippen LogP contribution in [0.25, 0.3) is 6.08 Å². The minimum absolute atomic E-state index is 0.129. The number of Topliss-reactive ketones (excluding diaryl/α,β-unsaturated/α-hetero) is 1. The Bertz CT molecular complexity index is 795. The van der Waals surface area contributed by atoms with Crippen molar-refractivity contribution in [2.45, 2.75) is 5.25 Å². The van der Waals surface area contributed by atoms with Gasteiger partial charge in [-0.05, 0) is 22.6 Å². The summed E-state index contributed by atoms with van der Waals surface area (Å²) in [7, 11) is 0. The maximum atomic E-state index is 12.9. The van der Waals surface area contributed by atoms with Crippen molar-refractivity contribution in [1.29, 1.82) is 0 Å². The number of carbonyl (C=O) groups excluding carboxylic acids is 1. The third kappa shape index (κ3) is 4.24. The molecule has 0 aliphatic carbocycles. The largest absolute Gasteiger partial charge is 0.293 e. The van der Waals surface area contributed by atoms with Crippen molar-refractivity contribution in [2.75, 3.05) is 0 Å². The number of carbonyl (C=O) groups is 1. The number of thioether (sulfide) groups is 1. The molecule has 0 saturated carbocycles. The van der Waals surface area contributed by atoms with E-state index in [0.717, 1.165) is 16.7 Å². The maximum absolute atomic E-state index is 12.9. The molecule has 1 nitrogen and oxygen atoms in total. The van der Waals surface area contributed by atoms with Crippen LogP contribution in [-0.4, -0.2) is 5.78 Å². The summed E-state index contributed by atoms with van der Waals surface area (Å²) in [6.07, 6.45) is 2.04. The van der Waals surface area contributed by atoms with Crippen LogP contribution in [0.1, 0.15) is 26.7 Å². The van der Waals surface area contributed by atoms with Gasteiger partial charge < -0.3 is 0 Å². The zero-order valence-electron chi connectivity index (χ0n) is 13.2. The lowest BCUT2D eigenvalue weighted by atomic mass is 10.0. The Balaban J connectivity index is 1.83. The van der Waals surface area contributed by atoms with E-state index >= 15 is 0 Å². The Hall–Kier alpha value is -2.58. The van der Waals surface area contributed by atoms with Gasteiger partial charge in [0, 0.05) is 5.56 Å². The van der Waals surface area contributed by atoms with Crippen molar-refractivity contribution in [3.05, 3.63) is 113 Å². The van der Waals surface area contributed by atoms with Gasteiger partial charge in [0.15, 0.2) is 5.78 Å². The highest BCUT2D eigenvalue weighted by Gasteiger charge is 2.21. The highest BCUT2D eigenvalue weighted by atomic mass is 32.2. The highest BCUT2D eigenvalue weighted by Crippen LogP contribution is 2.33. The Kier molecular flexibility index (Phi) is 5.65. The number of ketones is 1. The predicted octanol–water partition coefficient (Wildman–Crippen LogP) is 6.01. The zero-order valence-corrected chi connectivity index (χ0v) is 14.0. The average Bonchev–Trinajstić information content (AvgIpc) is 2.67. The Morgan fingerprint density at radius 3 is 1.92 bits per heavy atom. The van der Waals surface area contributed by atoms with Gasteiger partial charge >= 0.3 is 0 Å². The summed E-state index contributed by atoms with van der Waals surface area (Å²) < 4.78 is 0. The molecule has 0 saturated heterocycles. The standard InChI is InChI=1S/C22H18OS/c23-21(19-12-6-2-7-13-19)22(20-14-8-3-9-15-20)24-17-16-18-10-4-1-5-11-18/h1-17,22H. The first-order chi connectivity index (χ1) is 11.8. The molecule has 2 heteroatoms. The molecular formula is C22H18OS. The third-order valence-electron chi connectivity index (χ3n) is 3.67. The molecule has 1 atom stereocenters. The molecule has 3 aromatic rings. The molecule has 0 radical (unpaired) electrons. The van der Waals surface area contributed by atoms with Crippen molar-refractivity contribution in [1.82, 2.24) is 0 Å². The second kappa shape index (κ2) is 8.32. The van der Waals surface area contributed by atoms with E-state index in [2.05, 4.69) is 0 Å². The Morgan fingerprint density at radius 2 is 1.29 bits per heavy atom. The summed E-state index contributed by atoms with van der Waals surface area (Å²) in [6.45, 7) is 0. The fourth-order valence-electron chi connectivity index (χ4n) is 2.43. The second-order valence-corrected chi connectivity index (χ2v) is 6.39. The highest BCUT2D eigenvalue weighted by molar-refractivity contribution is 8.03. The molecule has 24 heavy (non-hydrogen) atoms. The zero-order chi connectivity index (χ0) is 16.6. The molecule has 0 amide bonds. The van der Waals surface area contributed by atoms with Crippen LogP contribution in [0, 0.1) is 0 Å². The summed E-state index contributed by atoms with van der Waals surface area (Å²) in [5.74, 6) is 0.129. The topological polar surface area (TPSA) is 17.1 Å². The van der Waals surface area contributed by atoms with E-state index in [-0.39, 0.29) is 11.0 Å². The lowest BCUT2D eigenvalue weighted by molar-refractivity contribution is 0.0989. The predicted molar refractivity (Wildman–Crippen MR) is 103 cm³/mol. The lowest BCUT2D eigenvalue weighted by Gasteiger charge is -2.14. The van der Waals surface area contributed by atoms with Crippen LogP contribution in [0.2, 0.25) is 0 Å². The van der Waals surface area contributed by atoms with E-state index in [4.69, 9.17) is 0 Å². The summed E-state index contributed by atoms with van der Waals surface area (Å²) in [5.41, 5.74) is 2.89. The van der Waals surface area contributed by atoms with Crippen LogP contribution in [0.4, 0.5) is 0 Å². The third-order valence-corrected chi connectivity index (χ3v) is 4.73.